The van der Waals surface area contributed by atoms with Crippen molar-refractivity contribution in [2.75, 3.05) is 12.4 Å². The Balaban J connectivity index is 2.39. The van der Waals surface area contributed by atoms with E-state index in [0.29, 0.717) is 17.1 Å². The summed E-state index contributed by atoms with van der Waals surface area (Å²) in [5.74, 6) is -0.411. The highest BCUT2D eigenvalue weighted by Gasteiger charge is 2.12. The summed E-state index contributed by atoms with van der Waals surface area (Å²) in [6.45, 7) is 1.82. The van der Waals surface area contributed by atoms with E-state index >= 15 is 0 Å². The van der Waals surface area contributed by atoms with Crippen LogP contribution >= 0.6 is 0 Å². The summed E-state index contributed by atoms with van der Waals surface area (Å²) in [5.41, 5.74) is 1.83. The van der Waals surface area contributed by atoms with Crippen LogP contribution in [0, 0.1) is 18.3 Å². The van der Waals surface area contributed by atoms with E-state index in [4.69, 9.17) is 15.1 Å². The van der Waals surface area contributed by atoms with Crippen LogP contribution in [0.25, 0.3) is 0 Å². The van der Waals surface area contributed by atoms with Gasteiger partial charge in [0.25, 0.3) is 0 Å². The third kappa shape index (κ3) is 3.09. The Morgan fingerprint density at radius 3 is 2.76 bits per heavy atom. The van der Waals surface area contributed by atoms with Crippen LogP contribution in [0.4, 0.5) is 11.5 Å². The van der Waals surface area contributed by atoms with Gasteiger partial charge in [0.15, 0.2) is 0 Å². The van der Waals surface area contributed by atoms with Gasteiger partial charge in [-0.2, -0.15) is 5.26 Å². The van der Waals surface area contributed by atoms with Gasteiger partial charge in [-0.15, -0.1) is 0 Å². The first kappa shape index (κ1) is 14.3. The number of benzene rings is 1. The molecule has 2 rings (SSSR count). The van der Waals surface area contributed by atoms with Crippen molar-refractivity contribution < 1.29 is 14.6 Å². The van der Waals surface area contributed by atoms with Crippen molar-refractivity contribution >= 4 is 17.5 Å². The lowest BCUT2D eigenvalue weighted by molar-refractivity contribution is 0.0693. The lowest BCUT2D eigenvalue weighted by Gasteiger charge is -2.11. The number of nitriles is 1. The summed E-state index contributed by atoms with van der Waals surface area (Å²) in [6.07, 6.45) is 0. The fraction of sp³-hybridized carbons (Fsp3) is 0.133. The van der Waals surface area contributed by atoms with Gasteiger partial charge in [-0.25, -0.2) is 9.78 Å². The van der Waals surface area contributed by atoms with Gasteiger partial charge in [-0.05, 0) is 31.2 Å². The van der Waals surface area contributed by atoms with Crippen molar-refractivity contribution in [2.24, 2.45) is 0 Å². The number of hydrogen-bond acceptors (Lipinski definition) is 5. The number of nitrogens with one attached hydrogen (secondary N) is 1. The van der Waals surface area contributed by atoms with Gasteiger partial charge in [0.1, 0.15) is 23.2 Å². The molecule has 0 saturated heterocycles. The Kier molecular flexibility index (Phi) is 4.05. The lowest BCUT2D eigenvalue weighted by Crippen LogP contribution is -2.03. The van der Waals surface area contributed by atoms with Gasteiger partial charge in [-0.1, -0.05) is 0 Å². The molecule has 106 valence electrons. The molecule has 1 aromatic heterocycles. The van der Waals surface area contributed by atoms with E-state index in [2.05, 4.69) is 16.4 Å². The van der Waals surface area contributed by atoms with E-state index in [-0.39, 0.29) is 11.3 Å². The van der Waals surface area contributed by atoms with E-state index < -0.39 is 5.97 Å². The van der Waals surface area contributed by atoms with E-state index in [1.165, 1.54) is 13.2 Å². The van der Waals surface area contributed by atoms with Crippen molar-refractivity contribution in [2.45, 2.75) is 6.92 Å². The number of carboxylic acids is 1. The first-order valence-corrected chi connectivity index (χ1v) is 6.11. The van der Waals surface area contributed by atoms with Gasteiger partial charge in [0.05, 0.1) is 12.7 Å². The zero-order valence-electron chi connectivity index (χ0n) is 11.5. The van der Waals surface area contributed by atoms with Crippen molar-refractivity contribution in [3.63, 3.8) is 0 Å². The molecule has 0 bridgehead atoms. The number of nitrogens with zero attached hydrogens (tertiary/aromatic N) is 2. The molecule has 2 aromatic rings. The number of carbonyl (C=O) groups is 1. The second kappa shape index (κ2) is 5.92. The molecule has 0 radical (unpaired) electrons. The first-order valence-electron chi connectivity index (χ1n) is 6.11. The Morgan fingerprint density at radius 1 is 1.38 bits per heavy atom. The van der Waals surface area contributed by atoms with Gasteiger partial charge in [0, 0.05) is 17.4 Å². The highest BCUT2D eigenvalue weighted by molar-refractivity contribution is 5.91. The number of pyridine rings is 1. The highest BCUT2D eigenvalue weighted by atomic mass is 16.5. The van der Waals surface area contributed by atoms with Crippen molar-refractivity contribution in [1.82, 2.24) is 4.98 Å². The van der Waals surface area contributed by atoms with Crippen LogP contribution in [0.1, 0.15) is 21.6 Å². The summed E-state index contributed by atoms with van der Waals surface area (Å²) in [4.78, 5) is 15.3. The largest absolute Gasteiger partial charge is 0.496 e. The minimum atomic E-state index is -1.07. The summed E-state index contributed by atoms with van der Waals surface area (Å²) in [5, 5.41) is 21.1. The molecule has 0 fully saturated rings. The quantitative estimate of drug-likeness (QED) is 0.895. The molecule has 6 heteroatoms. The summed E-state index contributed by atoms with van der Waals surface area (Å²) < 4.78 is 5.06. The summed E-state index contributed by atoms with van der Waals surface area (Å²) >= 11 is 0. The second-order valence-corrected chi connectivity index (χ2v) is 4.31. The predicted octanol–water partition coefficient (Wildman–Crippen LogP) is 2.71. The Bertz CT molecular complexity index is 735. The van der Waals surface area contributed by atoms with Crippen molar-refractivity contribution in [1.29, 1.82) is 5.26 Å². The highest BCUT2D eigenvalue weighted by Crippen LogP contribution is 2.26. The fourth-order valence-corrected chi connectivity index (χ4v) is 1.82. The smallest absolute Gasteiger partial charge is 0.339 e. The minimum Gasteiger partial charge on any atom is -0.496 e. The normalized spacial score (nSPS) is 9.76. The van der Waals surface area contributed by atoms with Crippen LogP contribution in [0.5, 0.6) is 5.75 Å². The molecule has 6 nitrogen and oxygen atoms in total. The molecule has 0 atom stereocenters. The number of aryl methyl sites for hydroxylation is 1. The molecule has 0 saturated carbocycles. The Morgan fingerprint density at radius 2 is 2.14 bits per heavy atom. The number of anilines is 2. The number of ether oxygens (including phenoxy) is 1. The predicted molar refractivity (Wildman–Crippen MR) is 76.9 cm³/mol. The van der Waals surface area contributed by atoms with Crippen LogP contribution in [0.15, 0.2) is 30.3 Å². The maximum atomic E-state index is 11.0. The lowest BCUT2D eigenvalue weighted by atomic mass is 10.1. The number of aromatic carboxylic acids is 1. The number of rotatable bonds is 4. The molecule has 0 unspecified atom stereocenters. The minimum absolute atomic E-state index is 0.0701. The number of carboxylic acid groups (broad SMARTS) is 1. The third-order valence-corrected chi connectivity index (χ3v) is 2.85. The van der Waals surface area contributed by atoms with Crippen LogP contribution < -0.4 is 10.1 Å². The molecule has 21 heavy (non-hydrogen) atoms. The van der Waals surface area contributed by atoms with Crippen LogP contribution in [0.3, 0.4) is 0 Å². The molecule has 0 amide bonds. The number of aromatic nitrogens is 1. The van der Waals surface area contributed by atoms with Crippen LogP contribution in [-0.4, -0.2) is 23.2 Å². The Labute approximate surface area is 121 Å². The zero-order valence-corrected chi connectivity index (χ0v) is 11.5. The number of hydrogen-bond donors (Lipinski definition) is 2. The van der Waals surface area contributed by atoms with Gasteiger partial charge in [-0.3, -0.25) is 0 Å². The van der Waals surface area contributed by atoms with Crippen molar-refractivity contribution in [3.8, 4) is 11.8 Å². The first-order chi connectivity index (χ1) is 10.0. The SMILES string of the molecule is COc1cc(Nc2nc(C)ccc2C#N)ccc1C(=O)O. The molecule has 0 aliphatic heterocycles. The van der Waals surface area contributed by atoms with E-state index in [0.717, 1.165) is 5.69 Å². The molecule has 1 heterocycles. The molecule has 2 N–H and O–H groups in total. The molecular weight excluding hydrogens is 270 g/mol. The van der Waals surface area contributed by atoms with E-state index in [9.17, 15) is 4.79 Å². The fourth-order valence-electron chi connectivity index (χ4n) is 1.82. The van der Waals surface area contributed by atoms with E-state index in [1.54, 1.807) is 24.3 Å². The maximum absolute atomic E-state index is 11.0. The molecule has 1 aromatic carbocycles. The van der Waals surface area contributed by atoms with Gasteiger partial charge >= 0.3 is 5.97 Å². The molecule has 0 spiro atoms. The summed E-state index contributed by atoms with van der Waals surface area (Å²) in [7, 11) is 1.40. The zero-order chi connectivity index (χ0) is 15.4. The standard InChI is InChI=1S/C15H13N3O3/c1-9-3-4-10(8-16)14(17-9)18-11-5-6-12(15(19)20)13(7-11)21-2/h3-7H,1-2H3,(H,17,18)(H,19,20). The third-order valence-electron chi connectivity index (χ3n) is 2.85. The van der Waals surface area contributed by atoms with Crippen molar-refractivity contribution in [3.05, 3.63) is 47.2 Å². The van der Waals surface area contributed by atoms with Gasteiger partial charge < -0.3 is 15.2 Å². The number of methoxy groups -OCH3 is 1. The average Bonchev–Trinajstić information content (AvgIpc) is 2.47. The van der Waals surface area contributed by atoms with Gasteiger partial charge in [0.2, 0.25) is 0 Å². The Hall–Kier alpha value is -3.07. The molecule has 0 aliphatic carbocycles. The second-order valence-electron chi connectivity index (χ2n) is 4.31. The van der Waals surface area contributed by atoms with Crippen LogP contribution in [-0.2, 0) is 0 Å². The molecule has 0 aliphatic rings. The maximum Gasteiger partial charge on any atom is 0.339 e. The topological polar surface area (TPSA) is 95.2 Å². The molecular formula is C15H13N3O3. The summed E-state index contributed by atoms with van der Waals surface area (Å²) in [6, 6.07) is 10.1. The average molecular weight is 283 g/mol. The van der Waals surface area contributed by atoms with Crippen LogP contribution in [0.2, 0.25) is 0 Å². The van der Waals surface area contributed by atoms with E-state index in [1.807, 2.05) is 6.92 Å². The monoisotopic (exact) mass is 283 g/mol.